The van der Waals surface area contributed by atoms with E-state index in [9.17, 15) is 32.7 Å². The number of anilines is 1. The Hall–Kier alpha value is -3.52. The van der Waals surface area contributed by atoms with Crippen LogP contribution in [-0.4, -0.2) is 81.7 Å². The fourth-order valence-corrected chi connectivity index (χ4v) is 8.39. The van der Waals surface area contributed by atoms with E-state index < -0.39 is 30.3 Å². The number of nitrogens with one attached hydrogen (secondary N) is 2. The zero-order valence-electron chi connectivity index (χ0n) is 30.2. The number of halogens is 3. The minimum atomic E-state index is -5.05. The summed E-state index contributed by atoms with van der Waals surface area (Å²) in [5, 5.41) is 15.5. The van der Waals surface area contributed by atoms with Gasteiger partial charge in [0.05, 0.1) is 24.9 Å². The molecule has 0 aromatic heterocycles. The molecule has 2 aromatic rings. The topological polar surface area (TPSA) is 120 Å². The third-order valence-corrected chi connectivity index (χ3v) is 10.8. The van der Waals surface area contributed by atoms with Crippen molar-refractivity contribution in [3.05, 3.63) is 65.2 Å². The summed E-state index contributed by atoms with van der Waals surface area (Å²) in [7, 11) is 0. The van der Waals surface area contributed by atoms with Crippen LogP contribution in [0.5, 0.6) is 0 Å². The molecule has 4 aliphatic rings. The molecule has 52 heavy (non-hydrogen) atoms. The van der Waals surface area contributed by atoms with E-state index in [1.54, 1.807) is 24.3 Å². The Bertz CT molecular complexity index is 1560. The maximum atomic E-state index is 13.7. The van der Waals surface area contributed by atoms with Crippen molar-refractivity contribution in [3.8, 4) is 0 Å². The first kappa shape index (κ1) is 38.2. The van der Waals surface area contributed by atoms with Crippen LogP contribution in [0.3, 0.4) is 0 Å². The Balaban J connectivity index is 1.21. The Morgan fingerprint density at radius 1 is 0.827 bits per heavy atom. The number of amides is 3. The third kappa shape index (κ3) is 8.98. The van der Waals surface area contributed by atoms with Crippen molar-refractivity contribution in [2.75, 3.05) is 18.4 Å². The number of rotatable bonds is 8. The second-order valence-corrected chi connectivity index (χ2v) is 15.8. The van der Waals surface area contributed by atoms with E-state index in [1.807, 2.05) is 45.0 Å². The Morgan fingerprint density at radius 3 is 2.19 bits per heavy atom. The number of nitrogens with zero attached hydrogens (tertiary/aromatic N) is 2. The molecule has 284 valence electrons. The summed E-state index contributed by atoms with van der Waals surface area (Å²) in [5.74, 6) is -2.10. The zero-order chi connectivity index (χ0) is 37.2. The van der Waals surface area contributed by atoms with Crippen LogP contribution in [0, 0.1) is 5.92 Å². The van der Waals surface area contributed by atoms with Crippen LogP contribution >= 0.6 is 0 Å². The highest BCUT2D eigenvalue weighted by molar-refractivity contribution is 5.98. The molecule has 4 fully saturated rings. The lowest BCUT2D eigenvalue weighted by Gasteiger charge is -2.50. The number of alkyl halides is 3. The molecule has 3 amide bonds. The first-order valence-corrected chi connectivity index (χ1v) is 18.6. The van der Waals surface area contributed by atoms with Crippen LogP contribution in [-0.2, 0) is 30.5 Å². The molecule has 0 radical (unpaired) electrons. The highest BCUT2D eigenvalue weighted by Crippen LogP contribution is 2.42. The number of benzene rings is 2. The average Bonchev–Trinajstić information content (AvgIpc) is 3.61. The van der Waals surface area contributed by atoms with E-state index in [2.05, 4.69) is 15.5 Å². The van der Waals surface area contributed by atoms with Crippen molar-refractivity contribution in [2.24, 2.45) is 5.92 Å². The molecule has 10 nitrogen and oxygen atoms in total. The van der Waals surface area contributed by atoms with Crippen molar-refractivity contribution in [1.82, 2.24) is 15.1 Å². The zero-order valence-corrected chi connectivity index (χ0v) is 30.2. The normalized spacial score (nSPS) is 28.6. The van der Waals surface area contributed by atoms with Crippen LogP contribution in [0.1, 0.15) is 108 Å². The summed E-state index contributed by atoms with van der Waals surface area (Å²) in [6, 6.07) is 13.2. The minimum Gasteiger partial charge on any atom is -0.392 e. The quantitative estimate of drug-likeness (QED) is 0.298. The molecule has 1 aliphatic carbocycles. The molecule has 3 heterocycles. The Kier molecular flexibility index (Phi) is 11.6. The molecule has 6 rings (SSSR count). The number of carbonyl (C=O) groups is 3. The van der Waals surface area contributed by atoms with Crippen LogP contribution in [0.15, 0.2) is 48.5 Å². The third-order valence-electron chi connectivity index (χ3n) is 10.8. The van der Waals surface area contributed by atoms with Gasteiger partial charge in [0.1, 0.15) is 6.04 Å². The molecule has 0 spiro atoms. The fourth-order valence-electron chi connectivity index (χ4n) is 8.39. The van der Waals surface area contributed by atoms with Crippen LogP contribution in [0.25, 0.3) is 0 Å². The van der Waals surface area contributed by atoms with Crippen molar-refractivity contribution in [1.29, 1.82) is 0 Å². The standard InChI is InChI=1S/C39H51F3N4O6/c1-38(2,3)44-35(49)32-19-16-25-7-4-5-8-30(25)46(32)22-29-21-33(26-12-10-24(23-47)11-13-26)52-36(51-29)27-14-17-28(18-15-27)43-34(48)31-9-6-20-45(31)37(50)39(40,41)42/h10-15,17-18,25,29-33,36,47H,4-9,16,19-23H2,1-3H3,(H,43,48)(H,44,49)/t25-,29+,30-,31+,32-,33-,36-/m1/s1. The molecule has 0 unspecified atom stereocenters. The maximum Gasteiger partial charge on any atom is 0.471 e. The Morgan fingerprint density at radius 2 is 1.52 bits per heavy atom. The van der Waals surface area contributed by atoms with Gasteiger partial charge in [0.2, 0.25) is 11.8 Å². The van der Waals surface area contributed by atoms with Gasteiger partial charge in [0.15, 0.2) is 6.29 Å². The summed E-state index contributed by atoms with van der Waals surface area (Å²) in [4.78, 5) is 41.6. The predicted octanol–water partition coefficient (Wildman–Crippen LogP) is 6.15. The highest BCUT2D eigenvalue weighted by Gasteiger charge is 2.48. The molecule has 0 bridgehead atoms. The first-order valence-electron chi connectivity index (χ1n) is 18.6. The van der Waals surface area contributed by atoms with Crippen LogP contribution in [0.2, 0.25) is 0 Å². The van der Waals surface area contributed by atoms with Gasteiger partial charge in [-0.25, -0.2) is 0 Å². The van der Waals surface area contributed by atoms with Gasteiger partial charge in [-0.05, 0) is 88.5 Å². The van der Waals surface area contributed by atoms with E-state index >= 15 is 0 Å². The van der Waals surface area contributed by atoms with Gasteiger partial charge in [-0.3, -0.25) is 19.3 Å². The molecule has 7 atom stereocenters. The number of hydrogen-bond donors (Lipinski definition) is 3. The first-order chi connectivity index (χ1) is 24.7. The number of piperidine rings is 1. The SMILES string of the molecule is CC(C)(C)NC(=O)[C@H]1CC[C@H]2CCCC[C@H]2N1C[C@@H]1C[C@H](c2ccc(CO)cc2)O[C@H](c2ccc(NC(=O)[C@@H]3CCCN3C(=O)C(F)(F)F)cc2)O1. The van der Waals surface area contributed by atoms with Crippen molar-refractivity contribution in [2.45, 2.75) is 134 Å². The van der Waals surface area contributed by atoms with Gasteiger partial charge < -0.3 is 30.1 Å². The molecule has 3 aliphatic heterocycles. The monoisotopic (exact) mass is 728 g/mol. The van der Waals surface area contributed by atoms with Gasteiger partial charge >= 0.3 is 12.1 Å². The number of ether oxygens (including phenoxy) is 2. The van der Waals surface area contributed by atoms with E-state index in [0.29, 0.717) is 41.5 Å². The van der Waals surface area contributed by atoms with Gasteiger partial charge in [-0.2, -0.15) is 13.2 Å². The number of carbonyl (C=O) groups excluding carboxylic acids is 3. The fraction of sp³-hybridized carbons (Fsp3) is 0.615. The van der Waals surface area contributed by atoms with Crippen molar-refractivity contribution >= 4 is 23.4 Å². The number of fused-ring (bicyclic) bond motifs is 1. The van der Waals surface area contributed by atoms with E-state index in [4.69, 9.17) is 9.47 Å². The summed E-state index contributed by atoms with van der Waals surface area (Å²) in [5.41, 5.74) is 2.42. The van der Waals surface area contributed by atoms with E-state index in [-0.39, 0.29) is 55.3 Å². The van der Waals surface area contributed by atoms with Crippen LogP contribution < -0.4 is 10.6 Å². The summed E-state index contributed by atoms with van der Waals surface area (Å²) >= 11 is 0. The lowest BCUT2D eigenvalue weighted by atomic mass is 9.75. The molecule has 13 heteroatoms. The molecule has 3 N–H and O–H groups in total. The highest BCUT2D eigenvalue weighted by atomic mass is 19.4. The maximum absolute atomic E-state index is 13.7. The number of aliphatic hydroxyl groups is 1. The summed E-state index contributed by atoms with van der Waals surface area (Å²) < 4.78 is 52.6. The van der Waals surface area contributed by atoms with Gasteiger partial charge in [-0.15, -0.1) is 0 Å². The number of aliphatic hydroxyl groups excluding tert-OH is 1. The van der Waals surface area contributed by atoms with E-state index in [1.165, 1.54) is 6.42 Å². The van der Waals surface area contributed by atoms with Gasteiger partial charge in [0, 0.05) is 42.3 Å². The van der Waals surface area contributed by atoms with Crippen molar-refractivity contribution in [3.63, 3.8) is 0 Å². The molecule has 2 aromatic carbocycles. The Labute approximate surface area is 303 Å². The van der Waals surface area contributed by atoms with Gasteiger partial charge in [0.25, 0.3) is 0 Å². The minimum absolute atomic E-state index is 0.0393. The lowest BCUT2D eigenvalue weighted by Crippen LogP contribution is -2.61. The second-order valence-electron chi connectivity index (χ2n) is 15.8. The van der Waals surface area contributed by atoms with Gasteiger partial charge in [-0.1, -0.05) is 49.2 Å². The lowest BCUT2D eigenvalue weighted by molar-refractivity contribution is -0.255. The summed E-state index contributed by atoms with van der Waals surface area (Å²) in [6.07, 6.45) is 0.898. The predicted molar refractivity (Wildman–Crippen MR) is 188 cm³/mol. The van der Waals surface area contributed by atoms with Crippen LogP contribution in [0.4, 0.5) is 18.9 Å². The largest absolute Gasteiger partial charge is 0.471 e. The molecule has 1 saturated carbocycles. The smallest absolute Gasteiger partial charge is 0.392 e. The second kappa shape index (κ2) is 15.8. The molecule has 3 saturated heterocycles. The molecular weight excluding hydrogens is 677 g/mol. The summed E-state index contributed by atoms with van der Waals surface area (Å²) in [6.45, 7) is 6.34. The van der Waals surface area contributed by atoms with Crippen molar-refractivity contribution < 1.29 is 42.1 Å². The number of hydrogen-bond acceptors (Lipinski definition) is 7. The average molecular weight is 729 g/mol. The number of likely N-dealkylation sites (tertiary alicyclic amines) is 2. The molecular formula is C39H51F3N4O6. The van der Waals surface area contributed by atoms with E-state index in [0.717, 1.165) is 43.2 Å².